The number of carbonyl (C=O) groups is 2. The predicted molar refractivity (Wildman–Crippen MR) is 105 cm³/mol. The van der Waals surface area contributed by atoms with Gasteiger partial charge in [-0.15, -0.1) is 0 Å². The molecule has 2 aliphatic heterocycles. The molecule has 2 aliphatic rings. The summed E-state index contributed by atoms with van der Waals surface area (Å²) in [6.07, 6.45) is 2.44. The first-order valence-corrected chi connectivity index (χ1v) is 10.2. The van der Waals surface area contributed by atoms with E-state index in [1.165, 1.54) is 0 Å². The Morgan fingerprint density at radius 2 is 1.83 bits per heavy atom. The average molecular weight is 398 g/mol. The number of Topliss-reactive ketones (excluding diaryl/α,β-unsaturated/α-hetero) is 1. The second-order valence-corrected chi connectivity index (χ2v) is 7.68. The smallest absolute Gasteiger partial charge is 0.222 e. The number of ether oxygens (including phenoxy) is 2. The molecule has 29 heavy (non-hydrogen) atoms. The highest BCUT2D eigenvalue weighted by Crippen LogP contribution is 2.32. The minimum Gasteiger partial charge on any atom is -0.486 e. The maximum atomic E-state index is 12.9. The molecule has 0 N–H and O–H groups in total. The van der Waals surface area contributed by atoms with Gasteiger partial charge in [-0.1, -0.05) is 5.16 Å². The summed E-state index contributed by atoms with van der Waals surface area (Å²) in [6.45, 7) is 6.02. The van der Waals surface area contributed by atoms with Gasteiger partial charge >= 0.3 is 0 Å². The number of piperidine rings is 1. The number of hydrogen-bond acceptors (Lipinski definition) is 6. The first kappa shape index (κ1) is 19.5. The van der Waals surface area contributed by atoms with Gasteiger partial charge in [0.25, 0.3) is 0 Å². The predicted octanol–water partition coefficient (Wildman–Crippen LogP) is 3.12. The fraction of sp³-hybridized carbons (Fsp3) is 0.500. The van der Waals surface area contributed by atoms with Crippen molar-refractivity contribution in [2.75, 3.05) is 26.3 Å². The molecule has 0 aliphatic carbocycles. The van der Waals surface area contributed by atoms with E-state index in [0.717, 1.165) is 17.0 Å². The summed E-state index contributed by atoms with van der Waals surface area (Å²) in [5, 5.41) is 3.94. The van der Waals surface area contributed by atoms with Crippen molar-refractivity contribution in [3.05, 3.63) is 40.8 Å². The van der Waals surface area contributed by atoms with Crippen molar-refractivity contribution in [1.29, 1.82) is 0 Å². The second kappa shape index (κ2) is 8.27. The number of rotatable bonds is 5. The van der Waals surface area contributed by atoms with E-state index >= 15 is 0 Å². The number of carbonyl (C=O) groups excluding carboxylic acids is 2. The molecule has 1 aromatic carbocycles. The molecule has 1 fully saturated rings. The molecule has 7 nitrogen and oxygen atoms in total. The van der Waals surface area contributed by atoms with Gasteiger partial charge in [-0.3, -0.25) is 9.59 Å². The maximum absolute atomic E-state index is 12.9. The van der Waals surface area contributed by atoms with Crippen LogP contribution in [0.25, 0.3) is 0 Å². The zero-order valence-corrected chi connectivity index (χ0v) is 16.9. The second-order valence-electron chi connectivity index (χ2n) is 7.68. The van der Waals surface area contributed by atoms with E-state index in [2.05, 4.69) is 5.16 Å². The summed E-state index contributed by atoms with van der Waals surface area (Å²) in [5.74, 6) is 2.27. The van der Waals surface area contributed by atoms with Crippen LogP contribution in [0.1, 0.15) is 46.6 Å². The first-order chi connectivity index (χ1) is 14.0. The van der Waals surface area contributed by atoms with Crippen molar-refractivity contribution in [2.24, 2.45) is 5.92 Å². The van der Waals surface area contributed by atoms with Crippen LogP contribution in [0.15, 0.2) is 22.7 Å². The molecule has 1 amide bonds. The molecule has 0 bridgehead atoms. The van der Waals surface area contributed by atoms with Gasteiger partial charge in [-0.05, 0) is 51.3 Å². The zero-order valence-electron chi connectivity index (χ0n) is 16.9. The molecule has 154 valence electrons. The van der Waals surface area contributed by atoms with E-state index in [9.17, 15) is 9.59 Å². The highest BCUT2D eigenvalue weighted by molar-refractivity contribution is 5.98. The monoisotopic (exact) mass is 398 g/mol. The van der Waals surface area contributed by atoms with Crippen molar-refractivity contribution in [1.82, 2.24) is 10.1 Å². The molecule has 0 saturated carbocycles. The number of fused-ring (bicyclic) bond motifs is 1. The molecule has 0 spiro atoms. The summed E-state index contributed by atoms with van der Waals surface area (Å²) in [4.78, 5) is 27.4. The van der Waals surface area contributed by atoms with Crippen molar-refractivity contribution < 1.29 is 23.6 Å². The highest BCUT2D eigenvalue weighted by atomic mass is 16.6. The number of aromatic nitrogens is 1. The quantitative estimate of drug-likeness (QED) is 0.720. The van der Waals surface area contributed by atoms with Gasteiger partial charge in [0.2, 0.25) is 5.91 Å². The number of amides is 1. The van der Waals surface area contributed by atoms with Crippen molar-refractivity contribution in [3.8, 4) is 11.5 Å². The normalized spacial score (nSPS) is 16.7. The molecule has 7 heteroatoms. The SMILES string of the molecule is Cc1noc(C)c1CCC(=O)N1CCC(C(=O)c2ccc3c(c2)OCCO3)CC1. The zero-order chi connectivity index (χ0) is 20.4. The number of hydrogen-bond donors (Lipinski definition) is 0. The molecule has 0 radical (unpaired) electrons. The van der Waals surface area contributed by atoms with Gasteiger partial charge in [0.15, 0.2) is 17.3 Å². The number of benzene rings is 1. The van der Waals surface area contributed by atoms with Crippen LogP contribution in [0.3, 0.4) is 0 Å². The Bertz CT molecular complexity index is 892. The Morgan fingerprint density at radius 1 is 1.10 bits per heavy atom. The van der Waals surface area contributed by atoms with Crippen LogP contribution in [0, 0.1) is 19.8 Å². The lowest BCUT2D eigenvalue weighted by Gasteiger charge is -2.31. The third-order valence-corrected chi connectivity index (χ3v) is 5.82. The van der Waals surface area contributed by atoms with Gasteiger partial charge in [-0.25, -0.2) is 0 Å². The topological polar surface area (TPSA) is 81.9 Å². The maximum Gasteiger partial charge on any atom is 0.222 e. The summed E-state index contributed by atoms with van der Waals surface area (Å²) in [6, 6.07) is 5.38. The standard InChI is InChI=1S/C22H26N2O5/c1-14-18(15(2)29-23-14)4-6-21(25)24-9-7-16(8-10-24)22(26)17-3-5-19-20(13-17)28-12-11-27-19/h3,5,13,16H,4,6-12H2,1-2H3. The lowest BCUT2D eigenvalue weighted by atomic mass is 9.88. The van der Waals surface area contributed by atoms with Crippen molar-refractivity contribution in [3.63, 3.8) is 0 Å². The summed E-state index contributed by atoms with van der Waals surface area (Å²) in [7, 11) is 0. The van der Waals surface area contributed by atoms with Crippen LogP contribution < -0.4 is 9.47 Å². The molecule has 0 unspecified atom stereocenters. The minimum atomic E-state index is -0.0656. The van der Waals surface area contributed by atoms with Crippen LogP contribution in [0.4, 0.5) is 0 Å². The first-order valence-electron chi connectivity index (χ1n) is 10.2. The molecular formula is C22H26N2O5. The summed E-state index contributed by atoms with van der Waals surface area (Å²) >= 11 is 0. The van der Waals surface area contributed by atoms with Crippen LogP contribution in [-0.4, -0.2) is 48.1 Å². The number of aryl methyl sites for hydroxylation is 2. The number of likely N-dealkylation sites (tertiary alicyclic amines) is 1. The van der Waals surface area contributed by atoms with E-state index in [1.807, 2.05) is 18.7 Å². The molecule has 1 saturated heterocycles. The minimum absolute atomic E-state index is 0.0656. The third-order valence-electron chi connectivity index (χ3n) is 5.82. The lowest BCUT2D eigenvalue weighted by molar-refractivity contribution is -0.132. The molecule has 1 aromatic heterocycles. The van der Waals surface area contributed by atoms with Crippen LogP contribution >= 0.6 is 0 Å². The van der Waals surface area contributed by atoms with Crippen molar-refractivity contribution in [2.45, 2.75) is 39.5 Å². The van der Waals surface area contributed by atoms with Gasteiger partial charge in [-0.2, -0.15) is 0 Å². The number of ketones is 1. The van der Waals surface area contributed by atoms with Crippen LogP contribution in [0.5, 0.6) is 11.5 Å². The molecule has 4 rings (SSSR count). The number of nitrogens with zero attached hydrogens (tertiary/aromatic N) is 2. The van der Waals surface area contributed by atoms with Gasteiger partial charge in [0.05, 0.1) is 5.69 Å². The van der Waals surface area contributed by atoms with E-state index in [4.69, 9.17) is 14.0 Å². The Kier molecular flexibility index (Phi) is 5.56. The fourth-order valence-corrected chi connectivity index (χ4v) is 4.07. The van der Waals surface area contributed by atoms with Gasteiger partial charge in [0.1, 0.15) is 19.0 Å². The molecular weight excluding hydrogens is 372 g/mol. The average Bonchev–Trinajstić information content (AvgIpc) is 3.08. The Hall–Kier alpha value is -2.83. The third kappa shape index (κ3) is 4.13. The van der Waals surface area contributed by atoms with E-state index in [1.54, 1.807) is 18.2 Å². The van der Waals surface area contributed by atoms with Crippen LogP contribution in [-0.2, 0) is 11.2 Å². The fourth-order valence-electron chi connectivity index (χ4n) is 4.07. The Morgan fingerprint density at radius 3 is 2.52 bits per heavy atom. The largest absolute Gasteiger partial charge is 0.486 e. The molecule has 0 atom stereocenters. The van der Waals surface area contributed by atoms with E-state index in [0.29, 0.717) is 69.0 Å². The Labute approximate surface area is 169 Å². The summed E-state index contributed by atoms with van der Waals surface area (Å²) in [5.41, 5.74) is 2.51. The Balaban J connectivity index is 1.31. The summed E-state index contributed by atoms with van der Waals surface area (Å²) < 4.78 is 16.3. The van der Waals surface area contributed by atoms with Gasteiger partial charge < -0.3 is 18.9 Å². The highest BCUT2D eigenvalue weighted by Gasteiger charge is 2.29. The lowest BCUT2D eigenvalue weighted by Crippen LogP contribution is -2.40. The van der Waals surface area contributed by atoms with Crippen molar-refractivity contribution >= 4 is 11.7 Å². The van der Waals surface area contributed by atoms with Gasteiger partial charge in [0, 0.05) is 36.6 Å². The van der Waals surface area contributed by atoms with Crippen LogP contribution in [0.2, 0.25) is 0 Å². The van der Waals surface area contributed by atoms with E-state index < -0.39 is 0 Å². The molecule has 2 aromatic rings. The van der Waals surface area contributed by atoms with E-state index in [-0.39, 0.29) is 17.6 Å². The molecule has 3 heterocycles.